The fraction of sp³-hybridized carbons (Fsp3) is 0.600. The summed E-state index contributed by atoms with van der Waals surface area (Å²) in [4.78, 5) is 0. The molecule has 0 aliphatic heterocycles. The minimum absolute atomic E-state index is 0.124. The number of nitrogens with one attached hydrogen (secondary N) is 1. The van der Waals surface area contributed by atoms with Gasteiger partial charge in [0, 0.05) is 6.04 Å². The normalized spacial score (nSPS) is 12.7. The SMILES string of the molecule is CCCC(CCc1cc(F)ccc1C)NCC. The van der Waals surface area contributed by atoms with Gasteiger partial charge in [0.05, 0.1) is 0 Å². The summed E-state index contributed by atoms with van der Waals surface area (Å²) in [5.41, 5.74) is 2.34. The van der Waals surface area contributed by atoms with Crippen LogP contribution in [0.5, 0.6) is 0 Å². The second kappa shape index (κ2) is 7.44. The molecule has 0 amide bonds. The fourth-order valence-electron chi connectivity index (χ4n) is 2.22. The summed E-state index contributed by atoms with van der Waals surface area (Å²) in [6.45, 7) is 7.40. The summed E-state index contributed by atoms with van der Waals surface area (Å²) in [5, 5.41) is 3.49. The average Bonchev–Trinajstić information content (AvgIpc) is 2.30. The number of aryl methyl sites for hydroxylation is 2. The van der Waals surface area contributed by atoms with E-state index in [2.05, 4.69) is 26.1 Å². The van der Waals surface area contributed by atoms with Crippen LogP contribution in [-0.2, 0) is 6.42 Å². The molecule has 0 saturated carbocycles. The van der Waals surface area contributed by atoms with Crippen LogP contribution in [0.3, 0.4) is 0 Å². The Morgan fingerprint density at radius 2 is 2.00 bits per heavy atom. The number of hydrogen-bond acceptors (Lipinski definition) is 1. The Kier molecular flexibility index (Phi) is 6.20. The summed E-state index contributed by atoms with van der Waals surface area (Å²) < 4.78 is 13.2. The van der Waals surface area contributed by atoms with Crippen molar-refractivity contribution in [3.8, 4) is 0 Å². The monoisotopic (exact) mass is 237 g/mol. The van der Waals surface area contributed by atoms with Gasteiger partial charge in [0.15, 0.2) is 0 Å². The van der Waals surface area contributed by atoms with Crippen molar-refractivity contribution in [1.29, 1.82) is 0 Å². The van der Waals surface area contributed by atoms with E-state index in [1.54, 1.807) is 6.07 Å². The Bertz CT molecular complexity index is 330. The maximum Gasteiger partial charge on any atom is 0.123 e. The Hall–Kier alpha value is -0.890. The quantitative estimate of drug-likeness (QED) is 0.759. The van der Waals surface area contributed by atoms with Crippen molar-refractivity contribution in [2.75, 3.05) is 6.54 Å². The molecule has 0 fully saturated rings. The zero-order valence-corrected chi connectivity index (χ0v) is 11.2. The van der Waals surface area contributed by atoms with Gasteiger partial charge in [0.2, 0.25) is 0 Å². The van der Waals surface area contributed by atoms with Gasteiger partial charge in [-0.25, -0.2) is 4.39 Å². The molecule has 1 unspecified atom stereocenters. The topological polar surface area (TPSA) is 12.0 Å². The molecular weight excluding hydrogens is 213 g/mol. The Morgan fingerprint density at radius 1 is 1.24 bits per heavy atom. The first-order valence-electron chi connectivity index (χ1n) is 6.65. The molecule has 0 saturated heterocycles. The molecule has 0 heterocycles. The number of hydrogen-bond donors (Lipinski definition) is 1. The highest BCUT2D eigenvalue weighted by molar-refractivity contribution is 5.26. The van der Waals surface area contributed by atoms with E-state index in [-0.39, 0.29) is 5.82 Å². The molecular formula is C15H24FN. The highest BCUT2D eigenvalue weighted by atomic mass is 19.1. The summed E-state index contributed by atoms with van der Waals surface area (Å²) in [6.07, 6.45) is 4.44. The summed E-state index contributed by atoms with van der Waals surface area (Å²) >= 11 is 0. The summed E-state index contributed by atoms with van der Waals surface area (Å²) in [6, 6.07) is 5.64. The van der Waals surface area contributed by atoms with Crippen LogP contribution in [0.1, 0.15) is 44.2 Å². The van der Waals surface area contributed by atoms with Crippen LogP contribution in [0.4, 0.5) is 4.39 Å². The van der Waals surface area contributed by atoms with E-state index in [0.717, 1.165) is 24.9 Å². The molecule has 0 spiro atoms. The van der Waals surface area contributed by atoms with Gasteiger partial charge in [-0.1, -0.05) is 26.3 Å². The van der Waals surface area contributed by atoms with Gasteiger partial charge in [0.25, 0.3) is 0 Å². The first-order valence-corrected chi connectivity index (χ1v) is 6.65. The third kappa shape index (κ3) is 4.86. The van der Waals surface area contributed by atoms with Gasteiger partial charge in [-0.2, -0.15) is 0 Å². The summed E-state index contributed by atoms with van der Waals surface area (Å²) in [7, 11) is 0. The third-order valence-corrected chi connectivity index (χ3v) is 3.20. The van der Waals surface area contributed by atoms with Crippen molar-refractivity contribution in [3.63, 3.8) is 0 Å². The van der Waals surface area contributed by atoms with Crippen LogP contribution in [0.25, 0.3) is 0 Å². The van der Waals surface area contributed by atoms with Crippen LogP contribution in [-0.4, -0.2) is 12.6 Å². The van der Waals surface area contributed by atoms with Gasteiger partial charge < -0.3 is 5.32 Å². The van der Waals surface area contributed by atoms with E-state index in [0.29, 0.717) is 6.04 Å². The lowest BCUT2D eigenvalue weighted by Gasteiger charge is -2.17. The van der Waals surface area contributed by atoms with E-state index in [4.69, 9.17) is 0 Å². The lowest BCUT2D eigenvalue weighted by molar-refractivity contribution is 0.459. The van der Waals surface area contributed by atoms with Crippen molar-refractivity contribution in [3.05, 3.63) is 35.1 Å². The Morgan fingerprint density at radius 3 is 2.65 bits per heavy atom. The highest BCUT2D eigenvalue weighted by Gasteiger charge is 2.08. The standard InChI is InChI=1S/C15H24FN/c1-4-6-15(17-5-2)10-8-13-11-14(16)9-7-12(13)3/h7,9,11,15,17H,4-6,8,10H2,1-3H3. The molecule has 0 aliphatic rings. The zero-order chi connectivity index (χ0) is 12.7. The molecule has 1 rings (SSSR count). The van der Waals surface area contributed by atoms with Crippen molar-refractivity contribution in [2.24, 2.45) is 0 Å². The minimum atomic E-state index is -0.124. The second-order valence-electron chi connectivity index (χ2n) is 4.65. The zero-order valence-electron chi connectivity index (χ0n) is 11.2. The number of rotatable bonds is 7. The molecule has 0 aromatic heterocycles. The molecule has 17 heavy (non-hydrogen) atoms. The third-order valence-electron chi connectivity index (χ3n) is 3.20. The van der Waals surface area contributed by atoms with E-state index in [1.807, 2.05) is 6.07 Å². The predicted molar refractivity (Wildman–Crippen MR) is 71.8 cm³/mol. The van der Waals surface area contributed by atoms with Gasteiger partial charge in [0.1, 0.15) is 5.82 Å². The van der Waals surface area contributed by atoms with E-state index in [9.17, 15) is 4.39 Å². The molecule has 0 aliphatic carbocycles. The molecule has 1 nitrogen and oxygen atoms in total. The van der Waals surface area contributed by atoms with Gasteiger partial charge in [-0.3, -0.25) is 0 Å². The van der Waals surface area contributed by atoms with Crippen LogP contribution in [0, 0.1) is 12.7 Å². The fourth-order valence-corrected chi connectivity index (χ4v) is 2.22. The smallest absolute Gasteiger partial charge is 0.123 e. The largest absolute Gasteiger partial charge is 0.314 e. The lowest BCUT2D eigenvalue weighted by Crippen LogP contribution is -2.29. The summed E-state index contributed by atoms with van der Waals surface area (Å²) in [5.74, 6) is -0.124. The molecule has 1 aromatic carbocycles. The van der Waals surface area contributed by atoms with Crippen LogP contribution in [0.15, 0.2) is 18.2 Å². The number of benzene rings is 1. The van der Waals surface area contributed by atoms with E-state index in [1.165, 1.54) is 24.5 Å². The molecule has 0 radical (unpaired) electrons. The van der Waals surface area contributed by atoms with Crippen molar-refractivity contribution < 1.29 is 4.39 Å². The molecule has 1 atom stereocenters. The second-order valence-corrected chi connectivity index (χ2v) is 4.65. The van der Waals surface area contributed by atoms with E-state index < -0.39 is 0 Å². The van der Waals surface area contributed by atoms with Gasteiger partial charge in [-0.15, -0.1) is 0 Å². The van der Waals surface area contributed by atoms with Crippen LogP contribution < -0.4 is 5.32 Å². The average molecular weight is 237 g/mol. The molecule has 0 bridgehead atoms. The first-order chi connectivity index (χ1) is 8.17. The molecule has 1 aromatic rings. The predicted octanol–water partition coefficient (Wildman–Crippen LogP) is 3.84. The maximum absolute atomic E-state index is 13.2. The maximum atomic E-state index is 13.2. The van der Waals surface area contributed by atoms with Gasteiger partial charge >= 0.3 is 0 Å². The van der Waals surface area contributed by atoms with Crippen molar-refractivity contribution in [2.45, 2.75) is 52.5 Å². The van der Waals surface area contributed by atoms with E-state index >= 15 is 0 Å². The Labute approximate surface area is 104 Å². The Balaban J connectivity index is 2.55. The van der Waals surface area contributed by atoms with Gasteiger partial charge in [-0.05, 0) is 56.0 Å². The number of halogens is 1. The van der Waals surface area contributed by atoms with Crippen molar-refractivity contribution in [1.82, 2.24) is 5.32 Å². The highest BCUT2D eigenvalue weighted by Crippen LogP contribution is 2.14. The first kappa shape index (κ1) is 14.2. The molecule has 2 heteroatoms. The molecule has 1 N–H and O–H groups in total. The minimum Gasteiger partial charge on any atom is -0.314 e. The van der Waals surface area contributed by atoms with Crippen LogP contribution in [0.2, 0.25) is 0 Å². The van der Waals surface area contributed by atoms with Crippen molar-refractivity contribution >= 4 is 0 Å². The lowest BCUT2D eigenvalue weighted by atomic mass is 9.99. The molecule has 96 valence electrons. The van der Waals surface area contributed by atoms with Crippen LogP contribution >= 0.6 is 0 Å².